The first kappa shape index (κ1) is 20.8. The van der Waals surface area contributed by atoms with E-state index in [2.05, 4.69) is 0 Å². The van der Waals surface area contributed by atoms with E-state index < -0.39 is 18.5 Å². The standard InChI is InChI=1S/C23H20N2O5/c1-15-4-7-17(8-5-15)25(11-3-10-24)22(27)14-29-23(28)21-13-19(26)18-12-16(2)6-9-20(18)30-21/h4-9,12-13H,3,11,14H2,1-2H3. The highest BCUT2D eigenvalue weighted by Gasteiger charge is 2.20. The van der Waals surface area contributed by atoms with E-state index in [1.54, 1.807) is 30.3 Å². The highest BCUT2D eigenvalue weighted by molar-refractivity contribution is 5.96. The lowest BCUT2D eigenvalue weighted by Gasteiger charge is -2.21. The lowest BCUT2D eigenvalue weighted by Crippen LogP contribution is -2.35. The molecule has 0 aliphatic heterocycles. The third-order valence-electron chi connectivity index (χ3n) is 4.50. The van der Waals surface area contributed by atoms with Crippen LogP contribution in [0.25, 0.3) is 11.0 Å². The molecule has 0 spiro atoms. The van der Waals surface area contributed by atoms with Crippen LogP contribution in [0, 0.1) is 25.2 Å². The van der Waals surface area contributed by atoms with Gasteiger partial charge in [0.2, 0.25) is 5.76 Å². The number of nitriles is 1. The predicted molar refractivity (Wildman–Crippen MR) is 111 cm³/mol. The van der Waals surface area contributed by atoms with E-state index >= 15 is 0 Å². The number of carbonyl (C=O) groups is 2. The van der Waals surface area contributed by atoms with Gasteiger partial charge in [-0.3, -0.25) is 9.59 Å². The second-order valence-electron chi connectivity index (χ2n) is 6.84. The summed E-state index contributed by atoms with van der Waals surface area (Å²) in [5.74, 6) is -1.67. The summed E-state index contributed by atoms with van der Waals surface area (Å²) in [6.45, 7) is 3.39. The number of rotatable bonds is 6. The average molecular weight is 404 g/mol. The third kappa shape index (κ3) is 4.73. The Labute approximate surface area is 173 Å². The Kier molecular flexibility index (Phi) is 6.28. The van der Waals surface area contributed by atoms with Crippen LogP contribution in [0.15, 0.2) is 57.7 Å². The minimum Gasteiger partial charge on any atom is -0.450 e. The van der Waals surface area contributed by atoms with E-state index in [4.69, 9.17) is 14.4 Å². The number of benzene rings is 2. The number of anilines is 1. The summed E-state index contributed by atoms with van der Waals surface area (Å²) in [5.41, 5.74) is 2.42. The first-order valence-electron chi connectivity index (χ1n) is 9.34. The number of ether oxygens (including phenoxy) is 1. The monoisotopic (exact) mass is 404 g/mol. The molecule has 0 aliphatic rings. The zero-order valence-corrected chi connectivity index (χ0v) is 16.7. The maximum absolute atomic E-state index is 12.6. The molecule has 152 valence electrons. The van der Waals surface area contributed by atoms with Gasteiger partial charge in [0.15, 0.2) is 12.0 Å². The zero-order chi connectivity index (χ0) is 21.7. The van der Waals surface area contributed by atoms with Gasteiger partial charge in [0.1, 0.15) is 5.58 Å². The molecule has 1 amide bonds. The number of amides is 1. The number of fused-ring (bicyclic) bond motifs is 1. The van der Waals surface area contributed by atoms with Crippen LogP contribution in [0.2, 0.25) is 0 Å². The van der Waals surface area contributed by atoms with Crippen LogP contribution < -0.4 is 10.3 Å². The van der Waals surface area contributed by atoms with E-state index in [0.717, 1.165) is 17.2 Å². The Bertz CT molecular complexity index is 1190. The minimum absolute atomic E-state index is 0.131. The largest absolute Gasteiger partial charge is 0.450 e. The van der Waals surface area contributed by atoms with Crippen molar-refractivity contribution in [2.75, 3.05) is 18.1 Å². The molecule has 2 aromatic carbocycles. The van der Waals surface area contributed by atoms with E-state index in [1.165, 1.54) is 4.90 Å². The summed E-state index contributed by atoms with van der Waals surface area (Å²) in [6.07, 6.45) is 0.131. The van der Waals surface area contributed by atoms with E-state index in [0.29, 0.717) is 11.1 Å². The molecule has 3 rings (SSSR count). The molecule has 0 aliphatic carbocycles. The van der Waals surface area contributed by atoms with Crippen molar-refractivity contribution in [2.45, 2.75) is 20.3 Å². The normalized spacial score (nSPS) is 10.4. The fourth-order valence-electron chi connectivity index (χ4n) is 2.93. The van der Waals surface area contributed by atoms with Crippen LogP contribution in [0.5, 0.6) is 0 Å². The third-order valence-corrected chi connectivity index (χ3v) is 4.50. The molecule has 1 heterocycles. The number of esters is 1. The van der Waals surface area contributed by atoms with Gasteiger partial charge >= 0.3 is 5.97 Å². The van der Waals surface area contributed by atoms with Crippen molar-refractivity contribution in [1.82, 2.24) is 0 Å². The summed E-state index contributed by atoms with van der Waals surface area (Å²) in [6, 6.07) is 15.3. The van der Waals surface area contributed by atoms with Gasteiger partial charge in [-0.15, -0.1) is 0 Å². The van der Waals surface area contributed by atoms with E-state index in [-0.39, 0.29) is 29.7 Å². The molecule has 30 heavy (non-hydrogen) atoms. The predicted octanol–water partition coefficient (Wildman–Crippen LogP) is 3.51. The van der Waals surface area contributed by atoms with Crippen molar-refractivity contribution in [2.24, 2.45) is 0 Å². The Hall–Kier alpha value is -3.92. The Morgan fingerprint density at radius 2 is 1.77 bits per heavy atom. The highest BCUT2D eigenvalue weighted by atomic mass is 16.5. The van der Waals surface area contributed by atoms with Crippen molar-refractivity contribution in [3.63, 3.8) is 0 Å². The van der Waals surface area contributed by atoms with Gasteiger partial charge in [0, 0.05) is 18.3 Å². The molecule has 0 unspecified atom stereocenters. The fraction of sp³-hybridized carbons (Fsp3) is 0.217. The number of aryl methyl sites for hydroxylation is 2. The smallest absolute Gasteiger partial charge is 0.374 e. The summed E-state index contributed by atoms with van der Waals surface area (Å²) in [4.78, 5) is 38.6. The first-order chi connectivity index (χ1) is 14.4. The second kappa shape index (κ2) is 9.05. The van der Waals surface area contributed by atoms with Crippen LogP contribution >= 0.6 is 0 Å². The number of nitrogens with zero attached hydrogens (tertiary/aromatic N) is 2. The Morgan fingerprint density at radius 3 is 2.47 bits per heavy atom. The lowest BCUT2D eigenvalue weighted by atomic mass is 10.1. The van der Waals surface area contributed by atoms with Crippen molar-refractivity contribution in [3.05, 3.63) is 75.6 Å². The fourth-order valence-corrected chi connectivity index (χ4v) is 2.93. The van der Waals surface area contributed by atoms with Crippen molar-refractivity contribution in [1.29, 1.82) is 5.26 Å². The highest BCUT2D eigenvalue weighted by Crippen LogP contribution is 2.17. The molecular formula is C23H20N2O5. The van der Waals surface area contributed by atoms with Gasteiger partial charge in [0.25, 0.3) is 5.91 Å². The maximum atomic E-state index is 12.6. The Morgan fingerprint density at radius 1 is 1.07 bits per heavy atom. The molecular weight excluding hydrogens is 384 g/mol. The second-order valence-corrected chi connectivity index (χ2v) is 6.84. The summed E-state index contributed by atoms with van der Waals surface area (Å²) < 4.78 is 10.6. The van der Waals surface area contributed by atoms with Crippen molar-refractivity contribution >= 4 is 28.5 Å². The topological polar surface area (TPSA) is 101 Å². The van der Waals surface area contributed by atoms with Crippen molar-refractivity contribution in [3.8, 4) is 6.07 Å². The molecule has 0 N–H and O–H groups in total. The number of hydrogen-bond donors (Lipinski definition) is 0. The molecule has 0 saturated carbocycles. The molecule has 7 nitrogen and oxygen atoms in total. The molecule has 0 bridgehead atoms. The van der Waals surface area contributed by atoms with E-state index in [1.807, 2.05) is 32.0 Å². The van der Waals surface area contributed by atoms with Crippen molar-refractivity contribution < 1.29 is 18.7 Å². The summed E-state index contributed by atoms with van der Waals surface area (Å²) >= 11 is 0. The van der Waals surface area contributed by atoms with E-state index in [9.17, 15) is 14.4 Å². The molecule has 0 saturated heterocycles. The number of hydrogen-bond acceptors (Lipinski definition) is 6. The van der Waals surface area contributed by atoms with Gasteiger partial charge in [0.05, 0.1) is 17.9 Å². The van der Waals surface area contributed by atoms with Crippen LogP contribution in [0.4, 0.5) is 5.69 Å². The quantitative estimate of drug-likeness (QED) is 0.583. The minimum atomic E-state index is -0.910. The number of carbonyl (C=O) groups excluding carboxylic acids is 2. The summed E-state index contributed by atoms with van der Waals surface area (Å²) in [7, 11) is 0. The molecule has 3 aromatic rings. The first-order valence-corrected chi connectivity index (χ1v) is 9.34. The van der Waals surface area contributed by atoms with Gasteiger partial charge < -0.3 is 14.1 Å². The van der Waals surface area contributed by atoms with Gasteiger partial charge in [-0.05, 0) is 38.1 Å². The van der Waals surface area contributed by atoms with Crippen LogP contribution in [0.1, 0.15) is 28.1 Å². The average Bonchev–Trinajstić information content (AvgIpc) is 2.73. The SMILES string of the molecule is Cc1ccc(N(CCC#N)C(=O)COC(=O)c2cc(=O)c3cc(C)ccc3o2)cc1. The van der Waals surface area contributed by atoms with Gasteiger partial charge in [-0.25, -0.2) is 4.79 Å². The Balaban J connectivity index is 1.75. The van der Waals surface area contributed by atoms with Crippen LogP contribution in [-0.2, 0) is 9.53 Å². The summed E-state index contributed by atoms with van der Waals surface area (Å²) in [5, 5.41) is 9.23. The molecule has 0 atom stereocenters. The lowest BCUT2D eigenvalue weighted by molar-refractivity contribution is -0.121. The zero-order valence-electron chi connectivity index (χ0n) is 16.7. The molecule has 0 fully saturated rings. The van der Waals surface area contributed by atoms with Crippen LogP contribution in [-0.4, -0.2) is 25.0 Å². The maximum Gasteiger partial charge on any atom is 0.374 e. The van der Waals surface area contributed by atoms with Crippen LogP contribution in [0.3, 0.4) is 0 Å². The van der Waals surface area contributed by atoms with Gasteiger partial charge in [-0.1, -0.05) is 29.3 Å². The molecule has 7 heteroatoms. The molecule has 1 aromatic heterocycles. The van der Waals surface area contributed by atoms with Gasteiger partial charge in [-0.2, -0.15) is 5.26 Å². The molecule has 0 radical (unpaired) electrons.